The van der Waals surface area contributed by atoms with Crippen LogP contribution in [0.4, 0.5) is 16.2 Å². The number of anilines is 2. The maximum Gasteiger partial charge on any atom is 0.225 e. The minimum absolute atomic E-state index is 0.320. The predicted molar refractivity (Wildman–Crippen MR) is 128 cm³/mol. The third-order valence-electron chi connectivity index (χ3n) is 5.13. The van der Waals surface area contributed by atoms with E-state index in [4.69, 9.17) is 22.3 Å². The van der Waals surface area contributed by atoms with Gasteiger partial charge in [-0.3, -0.25) is 4.98 Å². The Kier molecular flexibility index (Phi) is 5.58. The van der Waals surface area contributed by atoms with E-state index in [0.29, 0.717) is 52.2 Å². The number of fused-ring (bicyclic) bond motifs is 1. The average Bonchev–Trinajstić information content (AvgIpc) is 3.16. The lowest BCUT2D eigenvalue weighted by Gasteiger charge is -2.09. The van der Waals surface area contributed by atoms with Crippen LogP contribution < -0.4 is 11.1 Å². The number of hydrogen-bond donors (Lipinski definition) is 2. The fraction of sp³-hybridized carbons (Fsp3) is 0.0833. The molecule has 7 nitrogen and oxygen atoms in total. The van der Waals surface area contributed by atoms with Gasteiger partial charge in [0.2, 0.25) is 5.95 Å². The Labute approximate surface area is 194 Å². The van der Waals surface area contributed by atoms with Crippen LogP contribution in [0.5, 0.6) is 0 Å². The number of benzene rings is 2. The van der Waals surface area contributed by atoms with Crippen molar-refractivity contribution in [2.45, 2.75) is 6.42 Å². The van der Waals surface area contributed by atoms with Crippen molar-refractivity contribution in [3.8, 4) is 16.9 Å². The molecule has 33 heavy (non-hydrogen) atoms. The predicted octanol–water partition coefficient (Wildman–Crippen LogP) is 4.91. The number of nitrogen functional groups attached to an aromatic ring is 1. The topological polar surface area (TPSA) is 94.5 Å². The first-order valence-corrected chi connectivity index (χ1v) is 10.7. The van der Waals surface area contributed by atoms with Crippen LogP contribution >= 0.6 is 11.6 Å². The summed E-state index contributed by atoms with van der Waals surface area (Å²) in [6.45, 7) is 0.586. The molecule has 0 radical (unpaired) electrons. The molecule has 0 saturated heterocycles. The van der Waals surface area contributed by atoms with Gasteiger partial charge in [-0.05, 0) is 42.5 Å². The van der Waals surface area contributed by atoms with E-state index in [9.17, 15) is 4.39 Å². The number of halogens is 2. The highest BCUT2D eigenvalue weighted by Gasteiger charge is 2.19. The van der Waals surface area contributed by atoms with E-state index < -0.39 is 0 Å². The number of nitrogens with two attached hydrogens (primary N) is 1. The number of nitrogens with zero attached hydrogens (tertiary/aromatic N) is 5. The Hall–Kier alpha value is -4.04. The van der Waals surface area contributed by atoms with Crippen LogP contribution in [0.1, 0.15) is 5.69 Å². The molecule has 0 aliphatic heterocycles. The molecule has 0 bridgehead atoms. The van der Waals surface area contributed by atoms with Crippen molar-refractivity contribution in [2.24, 2.45) is 0 Å². The van der Waals surface area contributed by atoms with E-state index in [1.165, 1.54) is 16.8 Å². The van der Waals surface area contributed by atoms with Crippen molar-refractivity contribution >= 4 is 34.4 Å². The molecule has 3 N–H and O–H groups in total. The first-order chi connectivity index (χ1) is 16.1. The van der Waals surface area contributed by atoms with E-state index in [2.05, 4.69) is 20.4 Å². The molecule has 0 aliphatic rings. The van der Waals surface area contributed by atoms with E-state index in [1.807, 2.05) is 30.3 Å². The van der Waals surface area contributed by atoms with Gasteiger partial charge in [-0.2, -0.15) is 4.98 Å². The monoisotopic (exact) mass is 459 g/mol. The summed E-state index contributed by atoms with van der Waals surface area (Å²) in [5, 5.41) is 8.99. The minimum Gasteiger partial charge on any atom is -0.383 e. The van der Waals surface area contributed by atoms with E-state index in [0.717, 1.165) is 11.3 Å². The minimum atomic E-state index is -0.382. The Bertz CT molecular complexity index is 1420. The fourth-order valence-corrected chi connectivity index (χ4v) is 3.69. The normalized spacial score (nSPS) is 11.1. The Morgan fingerprint density at radius 1 is 1.00 bits per heavy atom. The molecule has 0 aliphatic carbocycles. The second-order valence-electron chi connectivity index (χ2n) is 7.38. The van der Waals surface area contributed by atoms with Crippen LogP contribution in [0.25, 0.3) is 28.0 Å². The zero-order valence-electron chi connectivity index (χ0n) is 17.4. The van der Waals surface area contributed by atoms with Crippen LogP contribution in [0.2, 0.25) is 5.02 Å². The van der Waals surface area contributed by atoms with Crippen molar-refractivity contribution in [3.63, 3.8) is 0 Å². The number of aromatic nitrogens is 5. The molecule has 9 heteroatoms. The Morgan fingerprint density at radius 2 is 1.85 bits per heavy atom. The number of nitrogens with one attached hydrogen (secondary N) is 1. The third-order valence-corrected chi connectivity index (χ3v) is 5.38. The summed E-state index contributed by atoms with van der Waals surface area (Å²) in [5.74, 6) is 0.347. The lowest BCUT2D eigenvalue weighted by Crippen LogP contribution is -2.09. The molecular formula is C24H19ClFN7. The molecule has 164 valence electrons. The van der Waals surface area contributed by atoms with Gasteiger partial charge in [0.25, 0.3) is 0 Å². The molecule has 2 aromatic carbocycles. The summed E-state index contributed by atoms with van der Waals surface area (Å²) in [6.07, 6.45) is 2.47. The number of hydrogen-bond acceptors (Lipinski definition) is 6. The first kappa shape index (κ1) is 20.8. The van der Waals surface area contributed by atoms with Gasteiger partial charge in [0, 0.05) is 35.4 Å². The van der Waals surface area contributed by atoms with Crippen molar-refractivity contribution in [3.05, 3.63) is 89.5 Å². The summed E-state index contributed by atoms with van der Waals surface area (Å²) in [7, 11) is 0. The van der Waals surface area contributed by atoms with Crippen LogP contribution in [-0.2, 0) is 6.42 Å². The summed E-state index contributed by atoms with van der Waals surface area (Å²) in [5.41, 5.74) is 9.74. The zero-order chi connectivity index (χ0) is 22.8. The molecule has 3 heterocycles. The van der Waals surface area contributed by atoms with Crippen molar-refractivity contribution in [1.82, 2.24) is 24.7 Å². The molecule has 0 atom stereocenters. The SMILES string of the molecule is Nc1c2c(-c3ccc(Cl)cc3)nc(NCCc3ccccn3)nc2nn1-c1cccc(F)c1. The molecule has 0 amide bonds. The van der Waals surface area contributed by atoms with Gasteiger partial charge in [0.1, 0.15) is 11.6 Å². The highest BCUT2D eigenvalue weighted by molar-refractivity contribution is 6.30. The van der Waals surface area contributed by atoms with Crippen molar-refractivity contribution in [1.29, 1.82) is 0 Å². The molecule has 5 aromatic rings. The van der Waals surface area contributed by atoms with Gasteiger partial charge >= 0.3 is 0 Å². The summed E-state index contributed by atoms with van der Waals surface area (Å²) in [6, 6.07) is 19.2. The molecule has 0 saturated carbocycles. The van der Waals surface area contributed by atoms with Crippen LogP contribution in [-0.4, -0.2) is 31.3 Å². The largest absolute Gasteiger partial charge is 0.383 e. The molecule has 5 rings (SSSR count). The standard InChI is InChI=1S/C24H19ClFN7/c25-16-9-7-15(8-10-16)21-20-22(27)33(19-6-3-4-17(26)14-19)32-23(20)31-24(30-21)29-13-11-18-5-1-2-12-28-18/h1-10,12,14H,11,13,27H2,(H,29,31,32). The van der Waals surface area contributed by atoms with Crippen LogP contribution in [0, 0.1) is 5.82 Å². The van der Waals surface area contributed by atoms with E-state index in [-0.39, 0.29) is 5.82 Å². The highest BCUT2D eigenvalue weighted by atomic mass is 35.5. The van der Waals surface area contributed by atoms with Gasteiger partial charge in [0.05, 0.1) is 16.8 Å². The van der Waals surface area contributed by atoms with Crippen molar-refractivity contribution in [2.75, 3.05) is 17.6 Å². The molecule has 0 unspecified atom stereocenters. The first-order valence-electron chi connectivity index (χ1n) is 10.3. The second-order valence-corrected chi connectivity index (χ2v) is 7.81. The molecular weight excluding hydrogens is 441 g/mol. The number of rotatable bonds is 6. The van der Waals surface area contributed by atoms with Crippen LogP contribution in [0.3, 0.4) is 0 Å². The Balaban J connectivity index is 1.58. The van der Waals surface area contributed by atoms with Gasteiger partial charge in [0.15, 0.2) is 5.65 Å². The number of pyridine rings is 1. The molecule has 0 fully saturated rings. The van der Waals surface area contributed by atoms with Gasteiger partial charge in [-0.25, -0.2) is 14.1 Å². The quantitative estimate of drug-likeness (QED) is 0.375. The van der Waals surface area contributed by atoms with Gasteiger partial charge in [-0.15, -0.1) is 5.10 Å². The Morgan fingerprint density at radius 3 is 2.61 bits per heavy atom. The smallest absolute Gasteiger partial charge is 0.225 e. The van der Waals surface area contributed by atoms with Gasteiger partial charge in [-0.1, -0.05) is 35.9 Å². The summed E-state index contributed by atoms with van der Waals surface area (Å²) >= 11 is 6.08. The average molecular weight is 460 g/mol. The zero-order valence-corrected chi connectivity index (χ0v) is 18.2. The lowest BCUT2D eigenvalue weighted by atomic mass is 10.1. The highest BCUT2D eigenvalue weighted by Crippen LogP contribution is 2.33. The van der Waals surface area contributed by atoms with E-state index >= 15 is 0 Å². The summed E-state index contributed by atoms with van der Waals surface area (Å²) < 4.78 is 15.3. The molecule has 3 aromatic heterocycles. The van der Waals surface area contributed by atoms with Crippen molar-refractivity contribution < 1.29 is 4.39 Å². The maximum atomic E-state index is 13.8. The summed E-state index contributed by atoms with van der Waals surface area (Å²) in [4.78, 5) is 13.6. The molecule has 0 spiro atoms. The van der Waals surface area contributed by atoms with Crippen LogP contribution in [0.15, 0.2) is 72.9 Å². The maximum absolute atomic E-state index is 13.8. The third kappa shape index (κ3) is 4.33. The second kappa shape index (κ2) is 8.84. The van der Waals surface area contributed by atoms with E-state index in [1.54, 1.807) is 30.5 Å². The van der Waals surface area contributed by atoms with Gasteiger partial charge < -0.3 is 11.1 Å². The lowest BCUT2D eigenvalue weighted by molar-refractivity contribution is 0.625. The fourth-order valence-electron chi connectivity index (χ4n) is 3.56.